The molecule has 0 aliphatic heterocycles. The van der Waals surface area contributed by atoms with Crippen LogP contribution in [-0.2, 0) is 16.2 Å². The van der Waals surface area contributed by atoms with Gasteiger partial charge in [-0.25, -0.2) is 0 Å². The van der Waals surface area contributed by atoms with Gasteiger partial charge in [0.1, 0.15) is 12.4 Å². The van der Waals surface area contributed by atoms with Crippen LogP contribution in [0.4, 0.5) is 5.69 Å². The van der Waals surface area contributed by atoms with Gasteiger partial charge in [0.05, 0.1) is 6.21 Å². The summed E-state index contributed by atoms with van der Waals surface area (Å²) >= 11 is 3.42. The number of anilines is 1. The third kappa shape index (κ3) is 6.76. The van der Waals surface area contributed by atoms with E-state index in [0.29, 0.717) is 12.4 Å². The maximum atomic E-state index is 11.9. The molecule has 0 fully saturated rings. The van der Waals surface area contributed by atoms with Crippen LogP contribution in [-0.4, -0.2) is 18.7 Å². The molecule has 0 saturated heterocycles. The van der Waals surface area contributed by atoms with Gasteiger partial charge in [0, 0.05) is 15.7 Å². The Bertz CT molecular complexity index is 970. The first-order chi connectivity index (χ1) is 14.1. The Labute approximate surface area is 178 Å². The van der Waals surface area contributed by atoms with E-state index in [1.54, 1.807) is 0 Å². The van der Waals surface area contributed by atoms with Crippen LogP contribution in [0.3, 0.4) is 0 Å². The number of carbonyl (C=O) groups is 1. The summed E-state index contributed by atoms with van der Waals surface area (Å²) < 4.78 is 6.91. The Balaban J connectivity index is 1.50. The number of amides is 1. The molecular weight excluding hydrogens is 432 g/mol. The van der Waals surface area contributed by atoms with E-state index >= 15 is 0 Å². The minimum Gasteiger partial charge on any atom is -0.488 e. The monoisotopic (exact) mass is 452 g/mol. The highest BCUT2D eigenvalue weighted by Gasteiger charge is 2.04. The second-order valence-electron chi connectivity index (χ2n) is 6.38. The van der Waals surface area contributed by atoms with Crippen molar-refractivity contribution in [2.24, 2.45) is 5.16 Å². The number of hydrogen-bond acceptors (Lipinski definition) is 4. The first-order valence-electron chi connectivity index (χ1n) is 9.08. The number of aryl methyl sites for hydroxylation is 1. The third-order valence-electron chi connectivity index (χ3n) is 4.02. The summed E-state index contributed by atoms with van der Waals surface area (Å²) in [4.78, 5) is 17.0. The summed E-state index contributed by atoms with van der Waals surface area (Å²) in [6, 6.07) is 23.0. The van der Waals surface area contributed by atoms with E-state index in [-0.39, 0.29) is 12.5 Å². The number of hydrogen-bond donors (Lipinski definition) is 1. The van der Waals surface area contributed by atoms with Gasteiger partial charge in [-0.2, -0.15) is 0 Å². The first-order valence-corrected chi connectivity index (χ1v) is 9.87. The van der Waals surface area contributed by atoms with Crippen molar-refractivity contribution in [1.29, 1.82) is 0 Å². The van der Waals surface area contributed by atoms with Crippen LogP contribution in [0, 0.1) is 6.92 Å². The SMILES string of the molecule is Cc1ccc(NC(=O)CON=Cc2ccccc2OCc2ccc(Br)cc2)cc1. The number of carbonyl (C=O) groups excluding carboxylic acids is 1. The highest BCUT2D eigenvalue weighted by molar-refractivity contribution is 9.10. The molecular formula is C23H21BrN2O3. The van der Waals surface area contributed by atoms with E-state index in [0.717, 1.165) is 26.9 Å². The number of oxime groups is 1. The molecule has 3 aromatic rings. The zero-order valence-electron chi connectivity index (χ0n) is 16.0. The summed E-state index contributed by atoms with van der Waals surface area (Å²) in [5, 5.41) is 6.65. The number of para-hydroxylation sites is 1. The van der Waals surface area contributed by atoms with Crippen LogP contribution >= 0.6 is 15.9 Å². The highest BCUT2D eigenvalue weighted by atomic mass is 79.9. The molecule has 3 aromatic carbocycles. The zero-order chi connectivity index (χ0) is 20.5. The molecule has 0 aliphatic carbocycles. The van der Waals surface area contributed by atoms with Crippen LogP contribution < -0.4 is 10.1 Å². The van der Waals surface area contributed by atoms with Crippen molar-refractivity contribution in [3.05, 3.63) is 94.0 Å². The Morgan fingerprint density at radius 3 is 2.52 bits per heavy atom. The Morgan fingerprint density at radius 1 is 1.03 bits per heavy atom. The number of ether oxygens (including phenoxy) is 1. The van der Waals surface area contributed by atoms with E-state index < -0.39 is 0 Å². The second-order valence-corrected chi connectivity index (χ2v) is 7.29. The molecule has 0 atom stereocenters. The number of benzene rings is 3. The average molecular weight is 453 g/mol. The molecule has 1 amide bonds. The lowest BCUT2D eigenvalue weighted by atomic mass is 10.2. The average Bonchev–Trinajstić information content (AvgIpc) is 2.73. The lowest BCUT2D eigenvalue weighted by Gasteiger charge is -2.09. The van der Waals surface area contributed by atoms with Crippen LogP contribution in [0.15, 0.2) is 82.4 Å². The lowest BCUT2D eigenvalue weighted by Crippen LogP contribution is -2.16. The van der Waals surface area contributed by atoms with Gasteiger partial charge < -0.3 is 14.9 Å². The molecule has 0 spiro atoms. The second kappa shape index (κ2) is 10.4. The molecule has 3 rings (SSSR count). The molecule has 0 saturated carbocycles. The van der Waals surface area contributed by atoms with Crippen LogP contribution in [0.1, 0.15) is 16.7 Å². The van der Waals surface area contributed by atoms with E-state index in [1.807, 2.05) is 79.7 Å². The fraction of sp³-hybridized carbons (Fsp3) is 0.130. The summed E-state index contributed by atoms with van der Waals surface area (Å²) in [6.45, 7) is 2.26. The van der Waals surface area contributed by atoms with Crippen molar-refractivity contribution in [3.63, 3.8) is 0 Å². The minimum absolute atomic E-state index is 0.174. The van der Waals surface area contributed by atoms with Gasteiger partial charge in [-0.3, -0.25) is 4.79 Å². The molecule has 0 aliphatic rings. The summed E-state index contributed by atoms with van der Waals surface area (Å²) in [5.74, 6) is 0.414. The maximum absolute atomic E-state index is 11.9. The van der Waals surface area contributed by atoms with E-state index in [9.17, 15) is 4.79 Å². The van der Waals surface area contributed by atoms with E-state index in [1.165, 1.54) is 6.21 Å². The molecule has 0 aromatic heterocycles. The Morgan fingerprint density at radius 2 is 1.76 bits per heavy atom. The van der Waals surface area contributed by atoms with Crippen LogP contribution in [0.2, 0.25) is 0 Å². The molecule has 0 unspecified atom stereocenters. The van der Waals surface area contributed by atoms with Crippen molar-refractivity contribution in [2.75, 3.05) is 11.9 Å². The normalized spacial score (nSPS) is 10.7. The number of nitrogens with zero attached hydrogens (tertiary/aromatic N) is 1. The number of rotatable bonds is 8. The van der Waals surface area contributed by atoms with Gasteiger partial charge in [-0.15, -0.1) is 0 Å². The molecule has 148 valence electrons. The van der Waals surface area contributed by atoms with Crippen molar-refractivity contribution < 1.29 is 14.4 Å². The third-order valence-corrected chi connectivity index (χ3v) is 4.55. The quantitative estimate of drug-likeness (QED) is 0.371. The highest BCUT2D eigenvalue weighted by Crippen LogP contribution is 2.18. The predicted octanol–water partition coefficient (Wildman–Crippen LogP) is 5.33. The van der Waals surface area contributed by atoms with Crippen molar-refractivity contribution in [1.82, 2.24) is 0 Å². The van der Waals surface area contributed by atoms with Crippen molar-refractivity contribution in [3.8, 4) is 5.75 Å². The molecule has 6 heteroatoms. The summed E-state index contributed by atoms with van der Waals surface area (Å²) in [6.07, 6.45) is 1.54. The fourth-order valence-corrected chi connectivity index (χ4v) is 2.75. The topological polar surface area (TPSA) is 59.9 Å². The van der Waals surface area contributed by atoms with Crippen molar-refractivity contribution >= 4 is 33.7 Å². The maximum Gasteiger partial charge on any atom is 0.265 e. The van der Waals surface area contributed by atoms with Gasteiger partial charge in [0.15, 0.2) is 6.61 Å². The largest absolute Gasteiger partial charge is 0.488 e. The van der Waals surface area contributed by atoms with Gasteiger partial charge in [0.25, 0.3) is 5.91 Å². The van der Waals surface area contributed by atoms with Crippen LogP contribution in [0.25, 0.3) is 0 Å². The smallest absolute Gasteiger partial charge is 0.265 e. The first kappa shape index (κ1) is 20.6. The molecule has 5 nitrogen and oxygen atoms in total. The molecule has 29 heavy (non-hydrogen) atoms. The van der Waals surface area contributed by atoms with Crippen LogP contribution in [0.5, 0.6) is 5.75 Å². The molecule has 1 N–H and O–H groups in total. The molecule has 0 radical (unpaired) electrons. The predicted molar refractivity (Wildman–Crippen MR) is 118 cm³/mol. The molecule has 0 bridgehead atoms. The Hall–Kier alpha value is -3.12. The summed E-state index contributed by atoms with van der Waals surface area (Å²) in [5.41, 5.74) is 3.68. The summed E-state index contributed by atoms with van der Waals surface area (Å²) in [7, 11) is 0. The zero-order valence-corrected chi connectivity index (χ0v) is 17.6. The molecule has 0 heterocycles. The van der Waals surface area contributed by atoms with E-state index in [2.05, 4.69) is 26.4 Å². The standard InChI is InChI=1S/C23H21BrN2O3/c1-17-6-12-21(13-7-17)26-23(27)16-29-25-14-19-4-2-3-5-22(19)28-15-18-8-10-20(24)11-9-18/h2-14H,15-16H2,1H3,(H,26,27). The van der Waals surface area contributed by atoms with Gasteiger partial charge in [-0.1, -0.05) is 63.0 Å². The van der Waals surface area contributed by atoms with E-state index in [4.69, 9.17) is 9.57 Å². The van der Waals surface area contributed by atoms with Gasteiger partial charge in [0.2, 0.25) is 0 Å². The number of nitrogens with one attached hydrogen (secondary N) is 1. The van der Waals surface area contributed by atoms with Gasteiger partial charge in [-0.05, 0) is 48.9 Å². The fourth-order valence-electron chi connectivity index (χ4n) is 2.48. The van der Waals surface area contributed by atoms with Gasteiger partial charge >= 0.3 is 0 Å². The Kier molecular flexibility index (Phi) is 7.41. The minimum atomic E-state index is -0.272. The lowest BCUT2D eigenvalue weighted by molar-refractivity contribution is -0.120. The van der Waals surface area contributed by atoms with Crippen molar-refractivity contribution in [2.45, 2.75) is 13.5 Å². The number of halogens is 1.